The Balaban J connectivity index is 1.13. The number of carbonyl (C=O) groups excluding carboxylic acids is 2. The first-order valence-electron chi connectivity index (χ1n) is 14.1. The molecule has 4 bridgehead atoms. The molecule has 7 rings (SSSR count). The summed E-state index contributed by atoms with van der Waals surface area (Å²) in [6, 6.07) is 9.84. The second-order valence-electron chi connectivity index (χ2n) is 12.0. The highest BCUT2D eigenvalue weighted by atomic mass is 16.6. The van der Waals surface area contributed by atoms with E-state index in [1.165, 1.54) is 32.4 Å². The van der Waals surface area contributed by atoms with E-state index in [-0.39, 0.29) is 23.0 Å². The summed E-state index contributed by atoms with van der Waals surface area (Å²) in [5, 5.41) is 15.4. The maximum absolute atomic E-state index is 13.3. The number of hydrogen-bond acceptors (Lipinski definition) is 7. The highest BCUT2D eigenvalue weighted by Gasteiger charge is 2.51. The highest BCUT2D eigenvalue weighted by Crippen LogP contribution is 2.55. The van der Waals surface area contributed by atoms with Crippen LogP contribution in [0.15, 0.2) is 36.4 Å². The van der Waals surface area contributed by atoms with Gasteiger partial charge in [0.25, 0.3) is 17.5 Å². The van der Waals surface area contributed by atoms with E-state index in [9.17, 15) is 19.7 Å². The van der Waals surface area contributed by atoms with E-state index in [0.717, 1.165) is 19.3 Å². The molecular formula is C30H36N4O6. The van der Waals surface area contributed by atoms with E-state index in [1.807, 2.05) is 4.90 Å². The predicted molar refractivity (Wildman–Crippen MR) is 149 cm³/mol. The van der Waals surface area contributed by atoms with Crippen LogP contribution in [-0.2, 0) is 0 Å². The Hall–Kier alpha value is -3.82. The Morgan fingerprint density at radius 2 is 1.48 bits per heavy atom. The third-order valence-electron chi connectivity index (χ3n) is 9.39. The number of benzene rings is 2. The van der Waals surface area contributed by atoms with Crippen molar-refractivity contribution in [3.05, 3.63) is 57.6 Å². The lowest BCUT2D eigenvalue weighted by atomic mass is 9.53. The normalized spacial score (nSPS) is 26.9. The van der Waals surface area contributed by atoms with Crippen molar-refractivity contribution in [1.29, 1.82) is 0 Å². The summed E-state index contributed by atoms with van der Waals surface area (Å²) in [6.45, 7) is 1.72. The van der Waals surface area contributed by atoms with Crippen LogP contribution >= 0.6 is 0 Å². The monoisotopic (exact) mass is 548 g/mol. The molecule has 40 heavy (non-hydrogen) atoms. The van der Waals surface area contributed by atoms with E-state index in [2.05, 4.69) is 5.32 Å². The van der Waals surface area contributed by atoms with Crippen LogP contribution in [0.4, 0.5) is 11.4 Å². The van der Waals surface area contributed by atoms with Crippen molar-refractivity contribution in [1.82, 2.24) is 10.2 Å². The first kappa shape index (κ1) is 26.4. The molecule has 1 heterocycles. The van der Waals surface area contributed by atoms with Crippen molar-refractivity contribution >= 4 is 23.2 Å². The smallest absolute Gasteiger partial charge is 0.293 e. The van der Waals surface area contributed by atoms with Crippen LogP contribution < -0.4 is 19.7 Å². The van der Waals surface area contributed by atoms with E-state index in [1.54, 1.807) is 42.3 Å². The number of rotatable bonds is 7. The maximum Gasteiger partial charge on any atom is 0.293 e. The van der Waals surface area contributed by atoms with Gasteiger partial charge in [0.1, 0.15) is 5.69 Å². The Bertz CT molecular complexity index is 1300. The largest absolute Gasteiger partial charge is 0.493 e. The fourth-order valence-electron chi connectivity index (χ4n) is 7.96. The van der Waals surface area contributed by atoms with Crippen LogP contribution in [-0.4, -0.2) is 67.6 Å². The predicted octanol–water partition coefficient (Wildman–Crippen LogP) is 4.27. The van der Waals surface area contributed by atoms with Crippen LogP contribution in [0.1, 0.15) is 59.2 Å². The topological polar surface area (TPSA) is 114 Å². The van der Waals surface area contributed by atoms with Gasteiger partial charge in [-0.1, -0.05) is 0 Å². The lowest BCUT2D eigenvalue weighted by molar-refractivity contribution is -0.384. The van der Waals surface area contributed by atoms with Gasteiger partial charge in [-0.3, -0.25) is 19.7 Å². The molecule has 0 spiro atoms. The standard InChI is InChI=1S/C30H36N4O6/c1-39-26-6-4-23(15-27(26)40-2)29(36)33-9-7-32(8-10-33)24-5-3-22(14-25(24)34(37)38)28(35)31-30-16-19-11-20(17-30)13-21(12-19)18-30/h3-6,14-15,19-21H,7-13,16-18H2,1-2H3,(H,31,35). The molecule has 0 atom stereocenters. The highest BCUT2D eigenvalue weighted by molar-refractivity contribution is 5.97. The molecule has 1 saturated heterocycles. The van der Waals surface area contributed by atoms with Crippen LogP contribution in [0.25, 0.3) is 0 Å². The Labute approximate surface area is 233 Å². The number of nitrogens with zero attached hydrogens (tertiary/aromatic N) is 3. The van der Waals surface area contributed by atoms with E-state index >= 15 is 0 Å². The van der Waals surface area contributed by atoms with Gasteiger partial charge < -0.3 is 24.6 Å². The van der Waals surface area contributed by atoms with Crippen molar-refractivity contribution in [2.24, 2.45) is 17.8 Å². The lowest BCUT2D eigenvalue weighted by Gasteiger charge is -2.56. The molecule has 4 saturated carbocycles. The average molecular weight is 549 g/mol. The zero-order chi connectivity index (χ0) is 28.0. The Kier molecular flexibility index (Phi) is 6.80. The van der Waals surface area contributed by atoms with E-state index in [0.29, 0.717) is 72.2 Å². The maximum atomic E-state index is 13.3. The molecule has 212 valence electrons. The van der Waals surface area contributed by atoms with Crippen molar-refractivity contribution in [2.45, 2.75) is 44.1 Å². The molecule has 2 amide bonds. The quantitative estimate of drug-likeness (QED) is 0.406. The third kappa shape index (κ3) is 4.84. The number of nitro groups is 1. The summed E-state index contributed by atoms with van der Waals surface area (Å²) >= 11 is 0. The first-order chi connectivity index (χ1) is 19.3. The minimum absolute atomic E-state index is 0.0853. The number of piperazine rings is 1. The number of nitrogens with one attached hydrogen (secondary N) is 1. The van der Waals surface area contributed by atoms with Crippen molar-refractivity contribution in [3.63, 3.8) is 0 Å². The number of hydrogen-bond donors (Lipinski definition) is 1. The molecule has 5 fully saturated rings. The van der Waals surface area contributed by atoms with Gasteiger partial charge >= 0.3 is 0 Å². The number of methoxy groups -OCH3 is 2. The fraction of sp³-hybridized carbons (Fsp3) is 0.533. The van der Waals surface area contributed by atoms with Crippen LogP contribution in [0.2, 0.25) is 0 Å². The van der Waals surface area contributed by atoms with Gasteiger partial charge in [0.15, 0.2) is 11.5 Å². The summed E-state index contributed by atoms with van der Waals surface area (Å²) in [5.74, 6) is 2.76. The molecule has 2 aromatic rings. The number of amides is 2. The molecule has 10 nitrogen and oxygen atoms in total. The van der Waals surface area contributed by atoms with Gasteiger partial charge in [-0.05, 0) is 86.6 Å². The SMILES string of the molecule is COc1ccc(C(=O)N2CCN(c3ccc(C(=O)NC45CC6CC(CC(C6)C4)C5)cc3[N+](=O)[O-])CC2)cc1OC. The van der Waals surface area contributed by atoms with Gasteiger partial charge in [0.05, 0.1) is 19.1 Å². The molecule has 0 aromatic heterocycles. The second-order valence-corrected chi connectivity index (χ2v) is 12.0. The van der Waals surface area contributed by atoms with Crippen LogP contribution in [0.3, 0.4) is 0 Å². The molecule has 10 heteroatoms. The molecule has 4 aliphatic carbocycles. The average Bonchev–Trinajstić information content (AvgIpc) is 2.95. The number of nitro benzene ring substituents is 1. The van der Waals surface area contributed by atoms with Gasteiger partial charge in [-0.15, -0.1) is 0 Å². The van der Waals surface area contributed by atoms with Gasteiger partial charge in [-0.2, -0.15) is 0 Å². The molecular weight excluding hydrogens is 512 g/mol. The zero-order valence-electron chi connectivity index (χ0n) is 23.1. The number of carbonyl (C=O) groups is 2. The van der Waals surface area contributed by atoms with E-state index in [4.69, 9.17) is 9.47 Å². The van der Waals surface area contributed by atoms with Gasteiger partial charge in [-0.25, -0.2) is 0 Å². The lowest BCUT2D eigenvalue weighted by Crippen LogP contribution is -2.59. The van der Waals surface area contributed by atoms with Crippen LogP contribution in [0, 0.1) is 27.9 Å². The summed E-state index contributed by atoms with van der Waals surface area (Å²) in [6.07, 6.45) is 6.92. The summed E-state index contributed by atoms with van der Waals surface area (Å²) < 4.78 is 10.6. The molecule has 1 aliphatic heterocycles. The first-order valence-corrected chi connectivity index (χ1v) is 14.1. The molecule has 1 N–H and O–H groups in total. The minimum atomic E-state index is -0.419. The third-order valence-corrected chi connectivity index (χ3v) is 9.39. The molecule has 2 aromatic carbocycles. The van der Waals surface area contributed by atoms with E-state index < -0.39 is 4.92 Å². The second kappa shape index (κ2) is 10.3. The summed E-state index contributed by atoms with van der Waals surface area (Å²) in [5.41, 5.74) is 1.04. The fourth-order valence-corrected chi connectivity index (χ4v) is 7.96. The number of ether oxygens (including phenoxy) is 2. The molecule has 0 unspecified atom stereocenters. The van der Waals surface area contributed by atoms with Gasteiger partial charge in [0.2, 0.25) is 0 Å². The van der Waals surface area contributed by atoms with Gasteiger partial charge in [0, 0.05) is 48.9 Å². The zero-order valence-corrected chi connectivity index (χ0v) is 23.1. The van der Waals surface area contributed by atoms with Crippen molar-refractivity contribution < 1.29 is 24.0 Å². The molecule has 0 radical (unpaired) electrons. The van der Waals surface area contributed by atoms with Crippen molar-refractivity contribution in [3.8, 4) is 11.5 Å². The number of anilines is 1. The summed E-state index contributed by atoms with van der Waals surface area (Å²) in [7, 11) is 3.07. The summed E-state index contributed by atoms with van der Waals surface area (Å²) in [4.78, 5) is 41.8. The molecule has 5 aliphatic rings. The Morgan fingerprint density at radius 1 is 0.875 bits per heavy atom. The minimum Gasteiger partial charge on any atom is -0.493 e. The van der Waals surface area contributed by atoms with Crippen LogP contribution in [0.5, 0.6) is 11.5 Å². The van der Waals surface area contributed by atoms with Crippen molar-refractivity contribution in [2.75, 3.05) is 45.3 Å². The Morgan fingerprint density at radius 3 is 2.05 bits per heavy atom.